The second-order valence-electron chi connectivity index (χ2n) is 4.39. The van der Waals surface area contributed by atoms with Crippen molar-refractivity contribution < 1.29 is 5.11 Å². The van der Waals surface area contributed by atoms with E-state index in [4.69, 9.17) is 5.11 Å². The molecule has 0 radical (unpaired) electrons. The van der Waals surface area contributed by atoms with E-state index in [1.807, 2.05) is 22.8 Å². The monoisotopic (exact) mass is 219 g/mol. The molecule has 2 rings (SSSR count). The van der Waals surface area contributed by atoms with E-state index < -0.39 is 0 Å². The van der Waals surface area contributed by atoms with E-state index in [-0.39, 0.29) is 12.1 Å². The summed E-state index contributed by atoms with van der Waals surface area (Å²) in [5.41, 5.74) is 2.07. The van der Waals surface area contributed by atoms with Crippen LogP contribution < -0.4 is 5.32 Å². The summed E-state index contributed by atoms with van der Waals surface area (Å²) >= 11 is 0. The lowest BCUT2D eigenvalue weighted by Crippen LogP contribution is -2.38. The Morgan fingerprint density at radius 1 is 1.38 bits per heavy atom. The molecule has 0 saturated carbocycles. The fourth-order valence-corrected chi connectivity index (χ4v) is 1.75. The van der Waals surface area contributed by atoms with E-state index in [9.17, 15) is 0 Å². The molecule has 0 aliphatic heterocycles. The van der Waals surface area contributed by atoms with Gasteiger partial charge in [0.1, 0.15) is 0 Å². The molecule has 2 aromatic heterocycles. The fraction of sp³-hybridized carbons (Fsp3) is 0.417. The van der Waals surface area contributed by atoms with E-state index in [1.54, 1.807) is 6.20 Å². The molecular formula is C12H17N3O. The van der Waals surface area contributed by atoms with Gasteiger partial charge in [-0.3, -0.25) is 0 Å². The third-order valence-electron chi connectivity index (χ3n) is 2.80. The van der Waals surface area contributed by atoms with Crippen LogP contribution in [0.1, 0.15) is 19.4 Å². The third kappa shape index (κ3) is 2.08. The number of hydrogen-bond acceptors (Lipinski definition) is 3. The molecule has 2 heterocycles. The molecule has 0 unspecified atom stereocenters. The molecule has 0 aliphatic carbocycles. The summed E-state index contributed by atoms with van der Waals surface area (Å²) in [6.45, 7) is 4.91. The van der Waals surface area contributed by atoms with Crippen molar-refractivity contribution in [3.63, 3.8) is 0 Å². The Balaban J connectivity index is 2.30. The SMILES string of the molecule is CC(C)(NCCO)c1ccc2ccnn2c1. The number of hydrogen-bond donors (Lipinski definition) is 2. The molecule has 0 spiro atoms. The minimum atomic E-state index is -0.164. The summed E-state index contributed by atoms with van der Waals surface area (Å²) < 4.78 is 1.86. The van der Waals surface area contributed by atoms with E-state index in [0.29, 0.717) is 6.54 Å². The van der Waals surface area contributed by atoms with Crippen LogP contribution in [0.5, 0.6) is 0 Å². The lowest BCUT2D eigenvalue weighted by atomic mass is 9.96. The average Bonchev–Trinajstić information content (AvgIpc) is 2.73. The molecular weight excluding hydrogens is 202 g/mol. The molecule has 16 heavy (non-hydrogen) atoms. The van der Waals surface area contributed by atoms with Gasteiger partial charge in [0, 0.05) is 24.5 Å². The van der Waals surface area contributed by atoms with Gasteiger partial charge in [-0.15, -0.1) is 0 Å². The summed E-state index contributed by atoms with van der Waals surface area (Å²) in [7, 11) is 0. The van der Waals surface area contributed by atoms with Crippen molar-refractivity contribution in [2.75, 3.05) is 13.2 Å². The summed E-state index contributed by atoms with van der Waals surface area (Å²) in [6.07, 6.45) is 3.80. The quantitative estimate of drug-likeness (QED) is 0.811. The second-order valence-corrected chi connectivity index (χ2v) is 4.39. The highest BCUT2D eigenvalue weighted by atomic mass is 16.3. The first-order valence-corrected chi connectivity index (χ1v) is 5.43. The van der Waals surface area contributed by atoms with Gasteiger partial charge in [0.15, 0.2) is 0 Å². The van der Waals surface area contributed by atoms with Gasteiger partial charge >= 0.3 is 0 Å². The van der Waals surface area contributed by atoms with Gasteiger partial charge in [0.2, 0.25) is 0 Å². The van der Waals surface area contributed by atoms with Crippen molar-refractivity contribution in [2.24, 2.45) is 0 Å². The zero-order chi connectivity index (χ0) is 11.6. The number of nitrogens with one attached hydrogen (secondary N) is 1. The zero-order valence-corrected chi connectivity index (χ0v) is 9.64. The van der Waals surface area contributed by atoms with Gasteiger partial charge in [-0.2, -0.15) is 5.10 Å². The molecule has 2 N–H and O–H groups in total. The van der Waals surface area contributed by atoms with Crippen LogP contribution in [0, 0.1) is 0 Å². The first-order chi connectivity index (χ1) is 7.63. The Bertz CT molecular complexity index is 476. The van der Waals surface area contributed by atoms with Crippen LogP contribution in [0.2, 0.25) is 0 Å². The van der Waals surface area contributed by atoms with Crippen LogP contribution in [0.3, 0.4) is 0 Å². The fourth-order valence-electron chi connectivity index (χ4n) is 1.75. The Labute approximate surface area is 94.9 Å². The average molecular weight is 219 g/mol. The molecule has 0 aliphatic rings. The summed E-state index contributed by atoms with van der Waals surface area (Å²) in [6, 6.07) is 6.10. The van der Waals surface area contributed by atoms with Crippen LogP contribution in [-0.2, 0) is 5.54 Å². The first kappa shape index (κ1) is 11.1. The van der Waals surface area contributed by atoms with Crippen molar-refractivity contribution in [1.82, 2.24) is 14.9 Å². The van der Waals surface area contributed by atoms with Crippen molar-refractivity contribution in [1.29, 1.82) is 0 Å². The topological polar surface area (TPSA) is 49.6 Å². The van der Waals surface area contributed by atoms with Gasteiger partial charge in [-0.1, -0.05) is 6.07 Å². The molecule has 0 aromatic carbocycles. The molecule has 0 bridgehead atoms. The minimum absolute atomic E-state index is 0.146. The molecule has 0 atom stereocenters. The number of aliphatic hydroxyl groups excluding tert-OH is 1. The molecule has 0 saturated heterocycles. The maximum Gasteiger partial charge on any atom is 0.0661 e. The number of rotatable bonds is 4. The van der Waals surface area contributed by atoms with Gasteiger partial charge in [0.25, 0.3) is 0 Å². The van der Waals surface area contributed by atoms with E-state index >= 15 is 0 Å². The van der Waals surface area contributed by atoms with Crippen molar-refractivity contribution in [2.45, 2.75) is 19.4 Å². The van der Waals surface area contributed by atoms with Gasteiger partial charge < -0.3 is 10.4 Å². The van der Waals surface area contributed by atoms with Crippen molar-refractivity contribution >= 4 is 5.52 Å². The first-order valence-electron chi connectivity index (χ1n) is 5.43. The maximum absolute atomic E-state index is 8.84. The van der Waals surface area contributed by atoms with E-state index in [0.717, 1.165) is 11.1 Å². The highest BCUT2D eigenvalue weighted by Gasteiger charge is 2.19. The number of aromatic nitrogens is 2. The highest BCUT2D eigenvalue weighted by molar-refractivity contribution is 5.46. The van der Waals surface area contributed by atoms with Crippen LogP contribution in [0.15, 0.2) is 30.6 Å². The van der Waals surface area contributed by atoms with Crippen LogP contribution in [-0.4, -0.2) is 27.9 Å². The number of pyridine rings is 1. The predicted octanol–water partition coefficient (Wildman–Crippen LogP) is 1.15. The van der Waals surface area contributed by atoms with Gasteiger partial charge in [0.05, 0.1) is 12.1 Å². The van der Waals surface area contributed by atoms with Crippen molar-refractivity contribution in [3.05, 3.63) is 36.2 Å². The predicted molar refractivity (Wildman–Crippen MR) is 63.3 cm³/mol. The molecule has 4 nitrogen and oxygen atoms in total. The van der Waals surface area contributed by atoms with Gasteiger partial charge in [-0.25, -0.2) is 4.52 Å². The van der Waals surface area contributed by atoms with Gasteiger partial charge in [-0.05, 0) is 31.5 Å². The molecule has 4 heteroatoms. The molecule has 86 valence electrons. The minimum Gasteiger partial charge on any atom is -0.395 e. The lowest BCUT2D eigenvalue weighted by Gasteiger charge is -2.26. The Morgan fingerprint density at radius 3 is 2.94 bits per heavy atom. The summed E-state index contributed by atoms with van der Waals surface area (Å²) in [5.74, 6) is 0. The van der Waals surface area contributed by atoms with Crippen molar-refractivity contribution in [3.8, 4) is 0 Å². The van der Waals surface area contributed by atoms with Crippen LogP contribution in [0.25, 0.3) is 5.52 Å². The van der Waals surface area contributed by atoms with E-state index in [1.165, 1.54) is 0 Å². The highest BCUT2D eigenvalue weighted by Crippen LogP contribution is 2.20. The number of aliphatic hydroxyl groups is 1. The zero-order valence-electron chi connectivity index (χ0n) is 9.64. The maximum atomic E-state index is 8.84. The lowest BCUT2D eigenvalue weighted by molar-refractivity contribution is 0.267. The Morgan fingerprint density at radius 2 is 2.19 bits per heavy atom. The van der Waals surface area contributed by atoms with Crippen LogP contribution in [0.4, 0.5) is 0 Å². The Kier molecular flexibility index (Phi) is 2.94. The normalized spacial score (nSPS) is 12.2. The molecule has 0 fully saturated rings. The van der Waals surface area contributed by atoms with E-state index in [2.05, 4.69) is 30.3 Å². The summed E-state index contributed by atoms with van der Waals surface area (Å²) in [5, 5.41) is 16.3. The standard InChI is InChI=1S/C12H17N3O/c1-12(2,13-7-8-16)10-3-4-11-5-6-14-15(11)9-10/h3-6,9,13,16H,7-8H2,1-2H3. The molecule has 2 aromatic rings. The number of fused-ring (bicyclic) bond motifs is 1. The number of nitrogens with zero attached hydrogens (tertiary/aromatic N) is 2. The second kappa shape index (κ2) is 4.23. The summed E-state index contributed by atoms with van der Waals surface area (Å²) in [4.78, 5) is 0. The van der Waals surface area contributed by atoms with Crippen LogP contribution >= 0.6 is 0 Å². The third-order valence-corrected chi connectivity index (χ3v) is 2.80. The smallest absolute Gasteiger partial charge is 0.0661 e. The Hall–Kier alpha value is -1.39. The largest absolute Gasteiger partial charge is 0.395 e. The molecule has 0 amide bonds.